The number of aryl methyl sites for hydroxylation is 1. The third-order valence-electron chi connectivity index (χ3n) is 3.94. The summed E-state index contributed by atoms with van der Waals surface area (Å²) in [6, 6.07) is 6.39. The molecule has 0 spiro atoms. The molecule has 0 amide bonds. The highest BCUT2D eigenvalue weighted by Gasteiger charge is 2.29. The average molecular weight is 282 g/mol. The van der Waals surface area contributed by atoms with Crippen molar-refractivity contribution in [3.63, 3.8) is 0 Å². The molecule has 1 N–H and O–H groups in total. The largest absolute Gasteiger partial charge is 0.489 e. The van der Waals surface area contributed by atoms with Crippen LogP contribution < -0.4 is 10.1 Å². The molecule has 0 heterocycles. The smallest absolute Gasteiger partial charge is 0.120 e. The molecule has 1 aliphatic carbocycles. The van der Waals surface area contributed by atoms with E-state index in [2.05, 4.69) is 19.2 Å². The van der Waals surface area contributed by atoms with Crippen molar-refractivity contribution in [2.24, 2.45) is 5.92 Å². The van der Waals surface area contributed by atoms with Crippen molar-refractivity contribution in [1.29, 1.82) is 0 Å². The molecule has 106 valence electrons. The third-order valence-corrected chi connectivity index (χ3v) is 4.36. The second-order valence-corrected chi connectivity index (χ2v) is 6.06. The van der Waals surface area contributed by atoms with Crippen LogP contribution in [0.5, 0.6) is 5.75 Å². The third kappa shape index (κ3) is 3.87. The number of nitrogens with one attached hydrogen (secondary N) is 1. The molecule has 1 aromatic carbocycles. The summed E-state index contributed by atoms with van der Waals surface area (Å²) in [5.41, 5.74) is 1.07. The number of benzene rings is 1. The Morgan fingerprint density at radius 3 is 2.84 bits per heavy atom. The first kappa shape index (κ1) is 14.7. The Labute approximate surface area is 121 Å². The van der Waals surface area contributed by atoms with Crippen molar-refractivity contribution in [1.82, 2.24) is 5.32 Å². The molecule has 3 atom stereocenters. The van der Waals surface area contributed by atoms with Gasteiger partial charge in [0, 0.05) is 11.1 Å². The molecule has 3 unspecified atom stereocenters. The van der Waals surface area contributed by atoms with Gasteiger partial charge in [0.25, 0.3) is 0 Å². The maximum Gasteiger partial charge on any atom is 0.120 e. The first-order chi connectivity index (χ1) is 9.10. The van der Waals surface area contributed by atoms with E-state index in [9.17, 15) is 0 Å². The molecule has 2 nitrogen and oxygen atoms in total. The highest BCUT2D eigenvalue weighted by atomic mass is 35.5. The van der Waals surface area contributed by atoms with Crippen LogP contribution in [0.25, 0.3) is 0 Å². The summed E-state index contributed by atoms with van der Waals surface area (Å²) in [5, 5.41) is 4.35. The van der Waals surface area contributed by atoms with Crippen LogP contribution in [0.15, 0.2) is 18.2 Å². The lowest BCUT2D eigenvalue weighted by Crippen LogP contribution is -2.46. The highest BCUT2D eigenvalue weighted by Crippen LogP contribution is 2.29. The lowest BCUT2D eigenvalue weighted by atomic mass is 9.85. The van der Waals surface area contributed by atoms with Crippen LogP contribution in [0, 0.1) is 12.8 Å². The molecule has 19 heavy (non-hydrogen) atoms. The zero-order valence-corrected chi connectivity index (χ0v) is 12.8. The van der Waals surface area contributed by atoms with Gasteiger partial charge >= 0.3 is 0 Å². The Balaban J connectivity index is 2.07. The maximum absolute atomic E-state index is 6.21. The SMILES string of the molecule is CCNC1CCC(C)CC1Oc1ccc(Cl)c(C)c1. The molecule has 0 bridgehead atoms. The predicted molar refractivity (Wildman–Crippen MR) is 81.1 cm³/mol. The molecule has 3 heteroatoms. The molecule has 1 aliphatic rings. The van der Waals surface area contributed by atoms with Crippen LogP contribution in [-0.4, -0.2) is 18.7 Å². The minimum absolute atomic E-state index is 0.268. The molecular formula is C16H24ClNO. The molecule has 2 rings (SSSR count). The normalized spacial score (nSPS) is 27.3. The van der Waals surface area contributed by atoms with Gasteiger partial charge in [-0.1, -0.05) is 25.4 Å². The lowest BCUT2D eigenvalue weighted by molar-refractivity contribution is 0.0916. The summed E-state index contributed by atoms with van der Waals surface area (Å²) >= 11 is 6.06. The van der Waals surface area contributed by atoms with Crippen LogP contribution in [0.1, 0.15) is 38.7 Å². The first-order valence-electron chi connectivity index (χ1n) is 7.26. The van der Waals surface area contributed by atoms with Gasteiger partial charge in [-0.3, -0.25) is 0 Å². The number of ether oxygens (including phenoxy) is 1. The number of hydrogen-bond donors (Lipinski definition) is 1. The van der Waals surface area contributed by atoms with E-state index in [4.69, 9.17) is 16.3 Å². The Hall–Kier alpha value is -0.730. The van der Waals surface area contributed by atoms with E-state index in [-0.39, 0.29) is 6.10 Å². The van der Waals surface area contributed by atoms with Crippen molar-refractivity contribution in [3.8, 4) is 5.75 Å². The molecule has 0 saturated heterocycles. The van der Waals surface area contributed by atoms with Crippen molar-refractivity contribution in [2.75, 3.05) is 6.54 Å². The standard InChI is InChI=1S/C16H24ClNO/c1-4-18-15-8-5-11(2)9-16(15)19-13-6-7-14(17)12(3)10-13/h6-7,10-11,15-16,18H,4-5,8-9H2,1-3H3. The quantitative estimate of drug-likeness (QED) is 0.893. The van der Waals surface area contributed by atoms with Gasteiger partial charge in [-0.2, -0.15) is 0 Å². The van der Waals surface area contributed by atoms with E-state index in [0.717, 1.165) is 35.2 Å². The zero-order chi connectivity index (χ0) is 13.8. The minimum Gasteiger partial charge on any atom is -0.489 e. The van der Waals surface area contributed by atoms with Crippen LogP contribution in [-0.2, 0) is 0 Å². The lowest BCUT2D eigenvalue weighted by Gasteiger charge is -2.35. The molecule has 1 saturated carbocycles. The maximum atomic E-state index is 6.21. The van der Waals surface area contributed by atoms with Gasteiger partial charge in [0.05, 0.1) is 0 Å². The van der Waals surface area contributed by atoms with Gasteiger partial charge < -0.3 is 10.1 Å². The van der Waals surface area contributed by atoms with Gasteiger partial charge in [0.15, 0.2) is 0 Å². The summed E-state index contributed by atoms with van der Waals surface area (Å²) in [5.74, 6) is 1.68. The van der Waals surface area contributed by atoms with Crippen molar-refractivity contribution < 1.29 is 4.74 Å². The van der Waals surface area contributed by atoms with Gasteiger partial charge in [0.1, 0.15) is 11.9 Å². The van der Waals surface area contributed by atoms with E-state index in [0.29, 0.717) is 6.04 Å². The Bertz CT molecular complexity index is 421. The van der Waals surface area contributed by atoms with Gasteiger partial charge in [0.2, 0.25) is 0 Å². The summed E-state index contributed by atoms with van der Waals surface area (Å²) in [6.07, 6.45) is 3.88. The molecule has 1 aromatic rings. The number of halogens is 1. The number of rotatable bonds is 4. The summed E-state index contributed by atoms with van der Waals surface area (Å²) in [7, 11) is 0. The fraction of sp³-hybridized carbons (Fsp3) is 0.625. The summed E-state index contributed by atoms with van der Waals surface area (Å²) < 4.78 is 6.21. The van der Waals surface area contributed by atoms with Gasteiger partial charge in [-0.25, -0.2) is 0 Å². The van der Waals surface area contributed by atoms with E-state index in [1.165, 1.54) is 12.8 Å². The molecule has 1 fully saturated rings. The molecule has 0 aromatic heterocycles. The van der Waals surface area contributed by atoms with Crippen molar-refractivity contribution in [3.05, 3.63) is 28.8 Å². The zero-order valence-electron chi connectivity index (χ0n) is 12.1. The van der Waals surface area contributed by atoms with Crippen LogP contribution in [0.4, 0.5) is 0 Å². The Kier molecular flexibility index (Phi) is 5.12. The second-order valence-electron chi connectivity index (χ2n) is 5.65. The van der Waals surface area contributed by atoms with Crippen LogP contribution in [0.2, 0.25) is 5.02 Å². The summed E-state index contributed by atoms with van der Waals surface area (Å²) in [6.45, 7) is 7.48. The van der Waals surface area contributed by atoms with E-state index in [1.807, 2.05) is 25.1 Å². The fourth-order valence-corrected chi connectivity index (χ4v) is 2.94. The van der Waals surface area contributed by atoms with Gasteiger partial charge in [-0.15, -0.1) is 0 Å². The molecule has 0 radical (unpaired) electrons. The predicted octanol–water partition coefficient (Wildman–Crippen LogP) is 4.19. The van der Waals surface area contributed by atoms with Crippen LogP contribution >= 0.6 is 11.6 Å². The minimum atomic E-state index is 0.268. The van der Waals surface area contributed by atoms with E-state index < -0.39 is 0 Å². The molecule has 0 aliphatic heterocycles. The van der Waals surface area contributed by atoms with Crippen molar-refractivity contribution >= 4 is 11.6 Å². The first-order valence-corrected chi connectivity index (χ1v) is 7.64. The Morgan fingerprint density at radius 2 is 2.16 bits per heavy atom. The monoisotopic (exact) mass is 281 g/mol. The van der Waals surface area contributed by atoms with E-state index >= 15 is 0 Å². The number of likely N-dealkylation sites (N-methyl/N-ethyl adjacent to an activating group) is 1. The molecular weight excluding hydrogens is 258 g/mol. The number of hydrogen-bond acceptors (Lipinski definition) is 2. The average Bonchev–Trinajstić information content (AvgIpc) is 2.37. The topological polar surface area (TPSA) is 21.3 Å². The van der Waals surface area contributed by atoms with E-state index in [1.54, 1.807) is 0 Å². The van der Waals surface area contributed by atoms with Gasteiger partial charge in [-0.05, 0) is 62.4 Å². The second kappa shape index (κ2) is 6.62. The van der Waals surface area contributed by atoms with Crippen molar-refractivity contribution in [2.45, 2.75) is 52.2 Å². The highest BCUT2D eigenvalue weighted by molar-refractivity contribution is 6.31. The fourth-order valence-electron chi connectivity index (χ4n) is 2.82. The van der Waals surface area contributed by atoms with Crippen LogP contribution in [0.3, 0.4) is 0 Å². The Morgan fingerprint density at radius 1 is 1.37 bits per heavy atom. The summed E-state index contributed by atoms with van der Waals surface area (Å²) in [4.78, 5) is 0.